The van der Waals surface area contributed by atoms with Crippen LogP contribution in [0.15, 0.2) is 41.3 Å². The standard InChI is InChI=1S/C25H26BN5.C4H10/c1-15-19-10-17(12-22(15)30-24-18(13-19)6-8-27-24)3-2-16-4-5-20(11-16)31-9-7-21-23(26)28-14-29-25(21)31;1-4(2)3/h7,9-10,12-14,16,20H,2-6,8,11H2,1H3,(H,27,30);4H,1-3H3. The van der Waals surface area contributed by atoms with Gasteiger partial charge in [-0.25, -0.2) is 4.98 Å². The van der Waals surface area contributed by atoms with E-state index in [4.69, 9.17) is 7.85 Å². The minimum Gasteiger partial charge on any atom is -0.340 e. The van der Waals surface area contributed by atoms with Crippen molar-refractivity contribution in [2.24, 2.45) is 16.8 Å². The average Bonchev–Trinajstić information content (AvgIpc) is 3.54. The van der Waals surface area contributed by atoms with Gasteiger partial charge in [-0.2, -0.15) is 0 Å². The monoisotopic (exact) mass is 465 g/mol. The van der Waals surface area contributed by atoms with Crippen molar-refractivity contribution in [1.29, 1.82) is 0 Å². The number of fused-ring (bicyclic) bond motifs is 4. The van der Waals surface area contributed by atoms with Crippen LogP contribution in [0.1, 0.15) is 75.6 Å². The molecule has 5 nitrogen and oxygen atoms in total. The second-order valence-electron chi connectivity index (χ2n) is 11.0. The highest BCUT2D eigenvalue weighted by atomic mass is 15.1. The van der Waals surface area contributed by atoms with E-state index < -0.39 is 0 Å². The van der Waals surface area contributed by atoms with Crippen molar-refractivity contribution in [3.8, 4) is 0 Å². The highest BCUT2D eigenvalue weighted by Gasteiger charge is 2.27. The summed E-state index contributed by atoms with van der Waals surface area (Å²) in [6.45, 7) is 9.61. The Morgan fingerprint density at radius 1 is 1.17 bits per heavy atom. The molecule has 1 saturated carbocycles. The Morgan fingerprint density at radius 3 is 2.83 bits per heavy atom. The molecule has 2 aliphatic heterocycles. The van der Waals surface area contributed by atoms with E-state index in [0.29, 0.717) is 11.6 Å². The smallest absolute Gasteiger partial charge is 0.142 e. The molecule has 2 atom stereocenters. The van der Waals surface area contributed by atoms with E-state index in [0.717, 1.165) is 48.1 Å². The van der Waals surface area contributed by atoms with Crippen molar-refractivity contribution in [3.63, 3.8) is 0 Å². The van der Waals surface area contributed by atoms with Crippen molar-refractivity contribution in [2.45, 2.75) is 72.3 Å². The lowest BCUT2D eigenvalue weighted by Crippen LogP contribution is -2.11. The van der Waals surface area contributed by atoms with Gasteiger partial charge in [0.25, 0.3) is 0 Å². The molecule has 1 aromatic carbocycles. The molecular weight excluding hydrogens is 429 g/mol. The van der Waals surface area contributed by atoms with Gasteiger partial charge in [0.1, 0.15) is 25.7 Å². The van der Waals surface area contributed by atoms with E-state index in [9.17, 15) is 0 Å². The van der Waals surface area contributed by atoms with E-state index in [1.807, 2.05) is 0 Å². The van der Waals surface area contributed by atoms with Crippen molar-refractivity contribution < 1.29 is 0 Å². The number of nitrogens with one attached hydrogen (secondary N) is 1. The van der Waals surface area contributed by atoms with Crippen molar-refractivity contribution >= 4 is 42.1 Å². The van der Waals surface area contributed by atoms with Gasteiger partial charge >= 0.3 is 0 Å². The Balaban J connectivity index is 0.000000591. The fraction of sp³-hybridized carbons (Fsp3) is 0.483. The van der Waals surface area contributed by atoms with E-state index in [2.05, 4.69) is 83.0 Å². The molecule has 1 N–H and O–H groups in total. The summed E-state index contributed by atoms with van der Waals surface area (Å²) in [4.78, 5) is 13.2. The van der Waals surface area contributed by atoms with Crippen molar-refractivity contribution in [2.75, 3.05) is 11.9 Å². The summed E-state index contributed by atoms with van der Waals surface area (Å²) in [5, 5.41) is 4.55. The lowest BCUT2D eigenvalue weighted by Gasteiger charge is -2.15. The van der Waals surface area contributed by atoms with E-state index in [-0.39, 0.29) is 0 Å². The average molecular weight is 465 g/mol. The Morgan fingerprint density at radius 2 is 2.00 bits per heavy atom. The zero-order chi connectivity index (χ0) is 24.5. The van der Waals surface area contributed by atoms with Crippen LogP contribution in [0.2, 0.25) is 0 Å². The van der Waals surface area contributed by atoms with E-state index in [1.165, 1.54) is 53.6 Å². The number of benzene rings is 1. The molecule has 4 heterocycles. The number of anilines is 1. The van der Waals surface area contributed by atoms with Crippen LogP contribution < -0.4 is 10.9 Å². The van der Waals surface area contributed by atoms with Crippen molar-refractivity contribution in [3.05, 3.63) is 53.0 Å². The fourth-order valence-electron chi connectivity index (χ4n) is 5.53. The van der Waals surface area contributed by atoms with Gasteiger partial charge in [-0.1, -0.05) is 26.8 Å². The molecule has 1 fully saturated rings. The third kappa shape index (κ3) is 5.07. The first-order valence-electron chi connectivity index (χ1n) is 13.1. The Hall–Kier alpha value is -2.89. The number of aryl methyl sites for hydroxylation is 1. The van der Waals surface area contributed by atoms with Gasteiger partial charge in [-0.05, 0) is 97.8 Å². The lowest BCUT2D eigenvalue weighted by atomic mass is 9.94. The number of hydrogen-bond acceptors (Lipinski definition) is 4. The second-order valence-corrected chi connectivity index (χ2v) is 11.0. The summed E-state index contributed by atoms with van der Waals surface area (Å²) in [5.74, 6) is 2.65. The molecule has 2 bridgehead atoms. The van der Waals surface area contributed by atoms with Crippen LogP contribution >= 0.6 is 0 Å². The van der Waals surface area contributed by atoms with Crippen LogP contribution in [0.4, 0.5) is 5.69 Å². The quantitative estimate of drug-likeness (QED) is 0.497. The minimum absolute atomic E-state index is 0.506. The Labute approximate surface area is 210 Å². The molecular formula is C29H36BN5. The fourth-order valence-corrected chi connectivity index (χ4v) is 5.53. The molecule has 0 amide bonds. The SMILES string of the molecule is CC(C)C.[B]c1ncnc2c1ccn2C1CCC(CCc2cc3c(C)c(c2)NC2=NCCC2=C3)C1. The number of hydrogen-bond donors (Lipinski definition) is 1. The van der Waals surface area contributed by atoms with Gasteiger partial charge < -0.3 is 9.88 Å². The van der Waals surface area contributed by atoms with Gasteiger partial charge in [-0.15, -0.1) is 0 Å². The molecule has 3 aliphatic rings. The Bertz CT molecular complexity index is 1280. The van der Waals surface area contributed by atoms with Gasteiger partial charge in [0.2, 0.25) is 0 Å². The number of aliphatic imine (C=N–C) groups is 1. The molecule has 2 radical (unpaired) electrons. The van der Waals surface area contributed by atoms with Crippen LogP contribution in [0.5, 0.6) is 0 Å². The van der Waals surface area contributed by atoms with E-state index in [1.54, 1.807) is 6.33 Å². The summed E-state index contributed by atoms with van der Waals surface area (Å²) in [5.41, 5.74) is 8.21. The molecule has 1 aliphatic carbocycles. The maximum absolute atomic E-state index is 6.02. The lowest BCUT2D eigenvalue weighted by molar-refractivity contribution is 0.461. The summed E-state index contributed by atoms with van der Waals surface area (Å²) in [7, 11) is 6.02. The van der Waals surface area contributed by atoms with Gasteiger partial charge in [0, 0.05) is 35.5 Å². The first-order chi connectivity index (χ1) is 16.9. The van der Waals surface area contributed by atoms with Crippen LogP contribution in [-0.2, 0) is 6.42 Å². The maximum Gasteiger partial charge on any atom is 0.142 e. The van der Waals surface area contributed by atoms with Crippen LogP contribution in [0.25, 0.3) is 17.1 Å². The molecule has 6 heteroatoms. The normalized spacial score (nSPS) is 20.6. The predicted molar refractivity (Wildman–Crippen MR) is 148 cm³/mol. The predicted octanol–water partition coefficient (Wildman–Crippen LogP) is 5.78. The van der Waals surface area contributed by atoms with Crippen molar-refractivity contribution in [1.82, 2.24) is 14.5 Å². The van der Waals surface area contributed by atoms with Crippen LogP contribution in [0, 0.1) is 18.8 Å². The largest absolute Gasteiger partial charge is 0.340 e. The van der Waals surface area contributed by atoms with Crippen LogP contribution in [-0.4, -0.2) is 34.8 Å². The first kappa shape index (κ1) is 23.8. The Kier molecular flexibility index (Phi) is 6.81. The number of nitrogens with zero attached hydrogens (tertiary/aromatic N) is 4. The van der Waals surface area contributed by atoms with E-state index >= 15 is 0 Å². The number of rotatable bonds is 4. The molecule has 0 saturated heterocycles. The van der Waals surface area contributed by atoms with Crippen LogP contribution in [0.3, 0.4) is 0 Å². The zero-order valence-corrected chi connectivity index (χ0v) is 21.5. The number of amidine groups is 1. The minimum atomic E-state index is 0.506. The summed E-state index contributed by atoms with van der Waals surface area (Å²) < 4.78 is 2.31. The van der Waals surface area contributed by atoms with Gasteiger partial charge in [-0.3, -0.25) is 9.98 Å². The number of aromatic nitrogens is 3. The third-order valence-corrected chi connectivity index (χ3v) is 7.33. The third-order valence-electron chi connectivity index (χ3n) is 7.33. The molecule has 2 unspecified atom stereocenters. The maximum atomic E-state index is 6.02. The molecule has 3 aromatic rings. The summed E-state index contributed by atoms with van der Waals surface area (Å²) >= 11 is 0. The molecule has 180 valence electrons. The zero-order valence-electron chi connectivity index (χ0n) is 21.5. The molecule has 0 spiro atoms. The van der Waals surface area contributed by atoms with Gasteiger partial charge in [0.05, 0.1) is 0 Å². The topological polar surface area (TPSA) is 55.1 Å². The second kappa shape index (κ2) is 10.0. The highest BCUT2D eigenvalue weighted by molar-refractivity contribution is 6.36. The highest BCUT2D eigenvalue weighted by Crippen LogP contribution is 2.39. The molecule has 35 heavy (non-hydrogen) atoms. The summed E-state index contributed by atoms with van der Waals surface area (Å²) in [6, 6.07) is 7.28. The first-order valence-corrected chi connectivity index (χ1v) is 13.1. The summed E-state index contributed by atoms with van der Waals surface area (Å²) in [6.07, 6.45) is 13.1. The molecule has 6 rings (SSSR count). The van der Waals surface area contributed by atoms with Gasteiger partial charge in [0.15, 0.2) is 0 Å². The molecule has 2 aromatic heterocycles.